The minimum Gasteiger partial charge on any atom is -0.493 e. The molecule has 0 aliphatic rings. The van der Waals surface area contributed by atoms with E-state index in [9.17, 15) is 9.59 Å². The molecule has 2 amide bonds. The van der Waals surface area contributed by atoms with Gasteiger partial charge in [0.05, 0.1) is 20.3 Å². The summed E-state index contributed by atoms with van der Waals surface area (Å²) < 4.78 is 10.5. The van der Waals surface area contributed by atoms with Crippen LogP contribution >= 0.6 is 0 Å². The van der Waals surface area contributed by atoms with E-state index in [0.717, 1.165) is 11.1 Å². The van der Waals surface area contributed by atoms with Gasteiger partial charge < -0.3 is 20.1 Å². The maximum Gasteiger partial charge on any atom is 0.220 e. The zero-order valence-electron chi connectivity index (χ0n) is 17.4. The Morgan fingerprint density at radius 2 is 1.62 bits per heavy atom. The average molecular weight is 399 g/mol. The number of rotatable bonds is 11. The Kier molecular flexibility index (Phi) is 9.02. The van der Waals surface area contributed by atoms with Crippen LogP contribution in [0.3, 0.4) is 0 Å². The van der Waals surface area contributed by atoms with Crippen molar-refractivity contribution in [2.75, 3.05) is 20.8 Å². The molecular formula is C23H30N2O4. The first-order valence-corrected chi connectivity index (χ1v) is 9.85. The van der Waals surface area contributed by atoms with Crippen LogP contribution in [0, 0.1) is 0 Å². The summed E-state index contributed by atoms with van der Waals surface area (Å²) in [7, 11) is 3.19. The van der Waals surface area contributed by atoms with Gasteiger partial charge in [-0.25, -0.2) is 0 Å². The highest BCUT2D eigenvalue weighted by Crippen LogP contribution is 2.27. The molecule has 0 saturated carbocycles. The molecule has 2 N–H and O–H groups in total. The molecule has 0 heterocycles. The van der Waals surface area contributed by atoms with Gasteiger partial charge in [0.15, 0.2) is 11.5 Å². The predicted octanol–water partition coefficient (Wildman–Crippen LogP) is 3.41. The summed E-state index contributed by atoms with van der Waals surface area (Å²) in [6.07, 6.45) is 1.88. The van der Waals surface area contributed by atoms with Crippen molar-refractivity contribution in [3.05, 3.63) is 59.7 Å². The molecule has 0 saturated heterocycles. The lowest BCUT2D eigenvalue weighted by molar-refractivity contribution is -0.122. The SMILES string of the molecule is COc1ccc(CCNC(=O)CCCC(=O)N[C@@H](C)c2ccccc2)cc1OC. The zero-order valence-corrected chi connectivity index (χ0v) is 17.4. The summed E-state index contributed by atoms with van der Waals surface area (Å²) in [5, 5.41) is 5.86. The van der Waals surface area contributed by atoms with Crippen LogP contribution in [0.5, 0.6) is 11.5 Å². The van der Waals surface area contributed by atoms with Crippen LogP contribution in [0.2, 0.25) is 0 Å². The number of benzene rings is 2. The molecule has 6 heteroatoms. The predicted molar refractivity (Wildman–Crippen MR) is 113 cm³/mol. The summed E-state index contributed by atoms with van der Waals surface area (Å²) in [5.74, 6) is 1.26. The van der Waals surface area contributed by atoms with Crippen molar-refractivity contribution in [2.24, 2.45) is 0 Å². The van der Waals surface area contributed by atoms with Crippen molar-refractivity contribution in [1.82, 2.24) is 10.6 Å². The molecule has 0 spiro atoms. The Hall–Kier alpha value is -3.02. The highest BCUT2D eigenvalue weighted by molar-refractivity contribution is 5.79. The van der Waals surface area contributed by atoms with E-state index in [2.05, 4.69) is 10.6 Å². The summed E-state index contributed by atoms with van der Waals surface area (Å²) in [6, 6.07) is 15.5. The first-order valence-electron chi connectivity index (χ1n) is 9.85. The summed E-state index contributed by atoms with van der Waals surface area (Å²) in [5.41, 5.74) is 2.12. The highest BCUT2D eigenvalue weighted by atomic mass is 16.5. The van der Waals surface area contributed by atoms with E-state index in [1.807, 2.05) is 55.5 Å². The molecule has 29 heavy (non-hydrogen) atoms. The van der Waals surface area contributed by atoms with Gasteiger partial charge in [-0.1, -0.05) is 36.4 Å². The molecule has 156 valence electrons. The fourth-order valence-corrected chi connectivity index (χ4v) is 3.02. The van der Waals surface area contributed by atoms with Crippen molar-refractivity contribution < 1.29 is 19.1 Å². The van der Waals surface area contributed by atoms with Crippen LogP contribution in [0.15, 0.2) is 48.5 Å². The maximum atomic E-state index is 12.1. The van der Waals surface area contributed by atoms with Crippen LogP contribution in [-0.4, -0.2) is 32.6 Å². The van der Waals surface area contributed by atoms with E-state index in [1.165, 1.54) is 0 Å². The number of nitrogens with one attached hydrogen (secondary N) is 2. The lowest BCUT2D eigenvalue weighted by Gasteiger charge is -2.14. The Balaban J connectivity index is 1.64. The number of methoxy groups -OCH3 is 2. The zero-order chi connectivity index (χ0) is 21.1. The lowest BCUT2D eigenvalue weighted by Crippen LogP contribution is -2.28. The highest BCUT2D eigenvalue weighted by Gasteiger charge is 2.10. The third-order valence-corrected chi connectivity index (χ3v) is 4.67. The van der Waals surface area contributed by atoms with Crippen molar-refractivity contribution in [1.29, 1.82) is 0 Å². The van der Waals surface area contributed by atoms with Gasteiger partial charge in [-0.05, 0) is 43.0 Å². The molecule has 0 aromatic heterocycles. The van der Waals surface area contributed by atoms with Crippen molar-refractivity contribution >= 4 is 11.8 Å². The van der Waals surface area contributed by atoms with Gasteiger partial charge in [0.25, 0.3) is 0 Å². The van der Waals surface area contributed by atoms with Crippen LogP contribution in [-0.2, 0) is 16.0 Å². The van der Waals surface area contributed by atoms with Gasteiger partial charge in [0, 0.05) is 19.4 Å². The van der Waals surface area contributed by atoms with Gasteiger partial charge in [-0.15, -0.1) is 0 Å². The number of hydrogen-bond acceptors (Lipinski definition) is 4. The van der Waals surface area contributed by atoms with Crippen molar-refractivity contribution in [3.63, 3.8) is 0 Å². The van der Waals surface area contributed by atoms with Gasteiger partial charge in [0.2, 0.25) is 11.8 Å². The second kappa shape index (κ2) is 11.7. The Morgan fingerprint density at radius 3 is 2.31 bits per heavy atom. The average Bonchev–Trinajstić information content (AvgIpc) is 2.74. The summed E-state index contributed by atoms with van der Waals surface area (Å²) in [6.45, 7) is 2.49. The van der Waals surface area contributed by atoms with E-state index in [1.54, 1.807) is 14.2 Å². The minimum absolute atomic E-state index is 0.0421. The van der Waals surface area contributed by atoms with E-state index in [0.29, 0.717) is 43.7 Å². The Bertz CT molecular complexity index is 793. The van der Waals surface area contributed by atoms with Gasteiger partial charge in [-0.3, -0.25) is 9.59 Å². The molecule has 2 aromatic carbocycles. The fourth-order valence-electron chi connectivity index (χ4n) is 3.02. The molecule has 0 bridgehead atoms. The van der Waals surface area contributed by atoms with Crippen LogP contribution in [0.1, 0.15) is 43.4 Å². The smallest absolute Gasteiger partial charge is 0.220 e. The second-order valence-electron chi connectivity index (χ2n) is 6.84. The van der Waals surface area contributed by atoms with E-state index < -0.39 is 0 Å². The summed E-state index contributed by atoms with van der Waals surface area (Å²) in [4.78, 5) is 24.0. The van der Waals surface area contributed by atoms with Crippen molar-refractivity contribution in [2.45, 2.75) is 38.6 Å². The van der Waals surface area contributed by atoms with Crippen LogP contribution in [0.25, 0.3) is 0 Å². The first-order chi connectivity index (χ1) is 14.0. The molecule has 0 aliphatic heterocycles. The number of carbonyl (C=O) groups is 2. The third kappa shape index (κ3) is 7.49. The molecule has 2 rings (SSSR count). The number of hydrogen-bond donors (Lipinski definition) is 2. The molecule has 1 atom stereocenters. The Labute approximate surface area is 172 Å². The Morgan fingerprint density at radius 1 is 0.931 bits per heavy atom. The molecule has 0 fully saturated rings. The van der Waals surface area contributed by atoms with E-state index >= 15 is 0 Å². The normalized spacial score (nSPS) is 11.4. The quantitative estimate of drug-likeness (QED) is 0.608. The lowest BCUT2D eigenvalue weighted by atomic mass is 10.1. The molecule has 0 aliphatic carbocycles. The van der Waals surface area contributed by atoms with E-state index in [-0.39, 0.29) is 17.9 Å². The molecule has 6 nitrogen and oxygen atoms in total. The van der Waals surface area contributed by atoms with E-state index in [4.69, 9.17) is 9.47 Å². The first kappa shape index (κ1) is 22.3. The summed E-state index contributed by atoms with van der Waals surface area (Å²) >= 11 is 0. The molecule has 0 unspecified atom stereocenters. The van der Waals surface area contributed by atoms with Gasteiger partial charge >= 0.3 is 0 Å². The molecule has 0 radical (unpaired) electrons. The van der Waals surface area contributed by atoms with Gasteiger partial charge in [-0.2, -0.15) is 0 Å². The minimum atomic E-state index is -0.0469. The standard InChI is InChI=1S/C23H30N2O4/c1-17(19-8-5-4-6-9-19)25-23(27)11-7-10-22(26)24-15-14-18-12-13-20(28-2)21(16-18)29-3/h4-6,8-9,12-13,16-17H,7,10-11,14-15H2,1-3H3,(H,24,26)(H,25,27)/t17-/m0/s1. The number of carbonyl (C=O) groups excluding carboxylic acids is 2. The number of ether oxygens (including phenoxy) is 2. The topological polar surface area (TPSA) is 76.7 Å². The van der Waals surface area contributed by atoms with Gasteiger partial charge in [0.1, 0.15) is 0 Å². The second-order valence-corrected chi connectivity index (χ2v) is 6.84. The monoisotopic (exact) mass is 398 g/mol. The largest absolute Gasteiger partial charge is 0.493 e. The fraction of sp³-hybridized carbons (Fsp3) is 0.391. The molecule has 2 aromatic rings. The van der Waals surface area contributed by atoms with Crippen molar-refractivity contribution in [3.8, 4) is 11.5 Å². The third-order valence-electron chi connectivity index (χ3n) is 4.67. The number of amides is 2. The maximum absolute atomic E-state index is 12.1. The van der Waals surface area contributed by atoms with Crippen LogP contribution < -0.4 is 20.1 Å². The molecular weight excluding hydrogens is 368 g/mol. The van der Waals surface area contributed by atoms with Crippen LogP contribution in [0.4, 0.5) is 0 Å².